The van der Waals surface area contributed by atoms with Gasteiger partial charge >= 0.3 is 11.9 Å². The van der Waals surface area contributed by atoms with Gasteiger partial charge in [0, 0.05) is 23.9 Å². The molecular weight excluding hydrogens is 740 g/mol. The second-order valence-electron chi connectivity index (χ2n) is 20.5. The lowest BCUT2D eigenvalue weighted by molar-refractivity contribution is -0.250. The molecule has 9 nitrogen and oxygen atoms in total. The van der Waals surface area contributed by atoms with Gasteiger partial charge in [0.2, 0.25) is 16.5 Å². The van der Waals surface area contributed by atoms with Gasteiger partial charge in [0.15, 0.2) is 28.4 Å². The van der Waals surface area contributed by atoms with E-state index < -0.39 is 64.3 Å². The molecule has 1 unspecified atom stereocenters. The SMILES string of the molecule is C=C(C)[C@@H]1CC[C@]2(CC(=O)NCc3c(F)c(F)c(N=[N+]=N)c(F)c3F)CC[C@]3(C)[C@H](CC[C@@H]4[C@@]5(C)CCC(OC(=O)CC(C)(C)C(=O)O)C(C)(C)[C@@H]5CC[C@]43C)[C@@H]12. The number of nitrogens with zero attached hydrogens (tertiary/aromatic N) is 2. The average molecular weight is 802 g/mol. The summed E-state index contributed by atoms with van der Waals surface area (Å²) < 4.78 is 64.9. The van der Waals surface area contributed by atoms with Crippen molar-refractivity contribution in [2.75, 3.05) is 0 Å². The molecule has 0 saturated heterocycles. The van der Waals surface area contributed by atoms with Crippen LogP contribution in [0.25, 0.3) is 0 Å². The minimum Gasteiger partial charge on any atom is -0.481 e. The Kier molecular flexibility index (Phi) is 11.0. The Labute approximate surface area is 333 Å². The van der Waals surface area contributed by atoms with Crippen LogP contribution < -0.4 is 10.2 Å². The van der Waals surface area contributed by atoms with Crippen molar-refractivity contribution in [3.8, 4) is 0 Å². The van der Waals surface area contributed by atoms with Gasteiger partial charge in [0.1, 0.15) is 11.6 Å². The van der Waals surface area contributed by atoms with E-state index >= 15 is 0 Å². The molecule has 1 aromatic rings. The fourth-order valence-electron chi connectivity index (χ4n) is 13.9. The zero-order chi connectivity index (χ0) is 42.3. The van der Waals surface area contributed by atoms with Crippen LogP contribution in [0.15, 0.2) is 17.3 Å². The van der Waals surface area contributed by atoms with E-state index in [1.807, 2.05) is 0 Å². The highest BCUT2D eigenvalue weighted by atomic mass is 19.2. The van der Waals surface area contributed by atoms with Crippen LogP contribution in [0.2, 0.25) is 0 Å². The highest BCUT2D eigenvalue weighted by Crippen LogP contribution is 2.78. The van der Waals surface area contributed by atoms with Gasteiger partial charge in [-0.05, 0) is 136 Å². The van der Waals surface area contributed by atoms with E-state index in [2.05, 4.69) is 63.5 Å². The number of carbonyl (C=O) groups is 3. The van der Waals surface area contributed by atoms with Crippen LogP contribution >= 0.6 is 0 Å². The van der Waals surface area contributed by atoms with Crippen LogP contribution in [0.3, 0.4) is 0 Å². The van der Waals surface area contributed by atoms with E-state index in [4.69, 9.17) is 10.3 Å². The van der Waals surface area contributed by atoms with Crippen molar-refractivity contribution < 1.29 is 41.8 Å². The molecule has 5 aliphatic rings. The third kappa shape index (κ3) is 6.66. The van der Waals surface area contributed by atoms with Gasteiger partial charge in [-0.25, -0.2) is 17.6 Å². The van der Waals surface area contributed by atoms with Gasteiger partial charge in [-0.2, -0.15) is 0 Å². The standard InChI is InChI=1S/C44H60F4N4O5/c1-23(2)24-12-17-44(20-30(53)50-22-25-33(45)35(47)37(51-52-49)36(48)34(25)46)19-18-42(8)26(32(24)44)10-11-28-41(7)15-14-29(57-31(54)21-39(3,4)38(55)56)40(5,6)27(41)13-16-43(28,42)9/h24,26-29,32,49H,1,10-22H2,2-9H3,(H-,50,53,55,56)/p+1/t24-,26+,27-,28+,29?,32+,41-,42+,43+,44+/m0/s1. The number of carboxylic acid groups (broad SMARTS) is 1. The Morgan fingerprint density at radius 2 is 1.54 bits per heavy atom. The van der Waals surface area contributed by atoms with Crippen LogP contribution in [-0.4, -0.2) is 29.1 Å². The monoisotopic (exact) mass is 801 g/mol. The summed E-state index contributed by atoms with van der Waals surface area (Å²) in [7, 11) is 0. The quantitative estimate of drug-likeness (QED) is 0.0539. The normalized spacial score (nSPS) is 36.7. The van der Waals surface area contributed by atoms with E-state index in [1.165, 1.54) is 0 Å². The van der Waals surface area contributed by atoms with Gasteiger partial charge in [0.25, 0.3) is 0 Å². The molecule has 1 amide bonds. The lowest BCUT2D eigenvalue weighted by atomic mass is 9.32. The van der Waals surface area contributed by atoms with Gasteiger partial charge in [-0.1, -0.05) is 46.8 Å². The number of carboxylic acids is 1. The van der Waals surface area contributed by atoms with Crippen molar-refractivity contribution in [1.29, 1.82) is 5.53 Å². The number of nitrogens with one attached hydrogen (secondary N) is 2. The van der Waals surface area contributed by atoms with E-state index in [-0.39, 0.29) is 57.9 Å². The number of hydrogen-bond donors (Lipinski definition) is 3. The molecule has 314 valence electrons. The molecule has 0 aromatic heterocycles. The molecule has 3 N–H and O–H groups in total. The third-order valence-corrected chi connectivity index (χ3v) is 17.1. The first-order valence-electron chi connectivity index (χ1n) is 20.7. The molecule has 0 bridgehead atoms. The van der Waals surface area contributed by atoms with Gasteiger partial charge < -0.3 is 15.2 Å². The van der Waals surface area contributed by atoms with E-state index in [0.29, 0.717) is 17.8 Å². The van der Waals surface area contributed by atoms with Crippen LogP contribution in [0, 0.1) is 90.9 Å². The fourth-order valence-corrected chi connectivity index (χ4v) is 13.9. The van der Waals surface area contributed by atoms with Crippen molar-refractivity contribution in [1.82, 2.24) is 10.2 Å². The molecule has 0 aliphatic heterocycles. The summed E-state index contributed by atoms with van der Waals surface area (Å²) in [5.41, 5.74) is 3.60. The molecule has 6 rings (SSSR count). The first-order valence-corrected chi connectivity index (χ1v) is 20.7. The Balaban J connectivity index is 1.23. The Morgan fingerprint density at radius 1 is 0.895 bits per heavy atom. The lowest BCUT2D eigenvalue weighted by Crippen LogP contribution is -2.67. The summed E-state index contributed by atoms with van der Waals surface area (Å²) in [4.78, 5) is 41.1. The van der Waals surface area contributed by atoms with Crippen LogP contribution in [0.1, 0.15) is 138 Å². The number of carbonyl (C=O) groups excluding carboxylic acids is 2. The molecule has 0 spiro atoms. The van der Waals surface area contributed by atoms with Gasteiger partial charge in [-0.15, -0.1) is 0 Å². The molecule has 1 aromatic carbocycles. The van der Waals surface area contributed by atoms with E-state index in [0.717, 1.165) is 69.8 Å². The van der Waals surface area contributed by atoms with E-state index in [9.17, 15) is 37.1 Å². The topological polar surface area (TPSA) is 143 Å². The summed E-state index contributed by atoms with van der Waals surface area (Å²) >= 11 is 0. The number of aliphatic carboxylic acids is 1. The highest BCUT2D eigenvalue weighted by molar-refractivity contribution is 5.81. The Bertz CT molecular complexity index is 1880. The second-order valence-corrected chi connectivity index (χ2v) is 20.5. The fraction of sp³-hybridized carbons (Fsp3) is 0.750. The first kappa shape index (κ1) is 43.0. The number of fused-ring (bicyclic) bond motifs is 7. The lowest BCUT2D eigenvalue weighted by Gasteiger charge is -2.73. The zero-order valence-electron chi connectivity index (χ0n) is 34.9. The van der Waals surface area contributed by atoms with Crippen LogP contribution in [-0.2, 0) is 25.7 Å². The minimum absolute atomic E-state index is 0.00219. The maximum atomic E-state index is 14.9. The molecule has 13 heteroatoms. The molecule has 5 fully saturated rings. The third-order valence-electron chi connectivity index (χ3n) is 17.1. The predicted octanol–water partition coefficient (Wildman–Crippen LogP) is 10.5. The number of ether oxygens (including phenoxy) is 1. The summed E-state index contributed by atoms with van der Waals surface area (Å²) in [5.74, 6) is -7.43. The Hall–Kier alpha value is -3.60. The zero-order valence-corrected chi connectivity index (χ0v) is 34.9. The molecule has 57 heavy (non-hydrogen) atoms. The van der Waals surface area contributed by atoms with Crippen LogP contribution in [0.4, 0.5) is 23.2 Å². The maximum absolute atomic E-state index is 14.9. The number of allylic oxidation sites excluding steroid dienone is 1. The number of amides is 1. The van der Waals surface area contributed by atoms with Crippen molar-refractivity contribution in [2.45, 2.75) is 145 Å². The molecule has 0 heterocycles. The number of esters is 1. The van der Waals surface area contributed by atoms with Crippen molar-refractivity contribution in [3.05, 3.63) is 41.0 Å². The van der Waals surface area contributed by atoms with Gasteiger partial charge in [0.05, 0.1) is 11.8 Å². The number of rotatable bonds is 10. The number of halogens is 4. The molecule has 5 aliphatic carbocycles. The summed E-state index contributed by atoms with van der Waals surface area (Å²) in [6, 6.07) is 0. The highest BCUT2D eigenvalue weighted by Gasteiger charge is 2.71. The summed E-state index contributed by atoms with van der Waals surface area (Å²) in [6.07, 6.45) is 8.75. The Morgan fingerprint density at radius 3 is 2.14 bits per heavy atom. The van der Waals surface area contributed by atoms with Crippen LogP contribution in [0.5, 0.6) is 0 Å². The average Bonchev–Trinajstić information content (AvgIpc) is 3.50. The van der Waals surface area contributed by atoms with E-state index in [1.54, 1.807) is 13.8 Å². The molecular formula is C44H61F4N4O5+. The van der Waals surface area contributed by atoms with Crippen molar-refractivity contribution in [3.63, 3.8) is 0 Å². The van der Waals surface area contributed by atoms with Gasteiger partial charge in [-0.3, -0.25) is 14.4 Å². The smallest absolute Gasteiger partial charge is 0.309 e. The first-order chi connectivity index (χ1) is 26.4. The molecule has 10 atom stereocenters. The molecule has 5 saturated carbocycles. The second kappa shape index (κ2) is 14.6. The number of benzene rings is 1. The summed E-state index contributed by atoms with van der Waals surface area (Å²) in [5, 5.41) is 15.0. The minimum atomic E-state index is -1.77. The number of hydrogen-bond acceptors (Lipinski definition) is 6. The van der Waals surface area contributed by atoms with Crippen molar-refractivity contribution >= 4 is 23.5 Å². The van der Waals surface area contributed by atoms with Crippen molar-refractivity contribution in [2.24, 2.45) is 67.2 Å². The largest absolute Gasteiger partial charge is 0.481 e. The maximum Gasteiger partial charge on any atom is 0.309 e. The molecule has 0 radical (unpaired) electrons. The summed E-state index contributed by atoms with van der Waals surface area (Å²) in [6.45, 7) is 20.7. The predicted molar refractivity (Wildman–Crippen MR) is 205 cm³/mol.